The van der Waals surface area contributed by atoms with E-state index in [-0.39, 0.29) is 18.9 Å². The summed E-state index contributed by atoms with van der Waals surface area (Å²) < 4.78 is 2.50. The van der Waals surface area contributed by atoms with E-state index in [4.69, 9.17) is 0 Å². The number of tetrazole rings is 1. The lowest BCUT2D eigenvalue weighted by Gasteiger charge is -2.09. The third kappa shape index (κ3) is 5.20. The summed E-state index contributed by atoms with van der Waals surface area (Å²) in [4.78, 5) is 26.1. The Morgan fingerprint density at radius 3 is 2.35 bits per heavy atom. The number of aromatic nitrogens is 7. The maximum absolute atomic E-state index is 13.2. The third-order valence-corrected chi connectivity index (χ3v) is 5.95. The van der Waals surface area contributed by atoms with Crippen molar-refractivity contribution in [2.75, 3.05) is 0 Å². The maximum Gasteiger partial charge on any atom is 0.353 e. The van der Waals surface area contributed by atoms with Crippen molar-refractivity contribution >= 4 is 12.0 Å². The maximum atomic E-state index is 13.2. The van der Waals surface area contributed by atoms with E-state index in [0.717, 1.165) is 38.9 Å². The van der Waals surface area contributed by atoms with Crippen molar-refractivity contribution in [2.45, 2.75) is 26.3 Å². The third-order valence-electron chi connectivity index (χ3n) is 5.95. The summed E-state index contributed by atoms with van der Waals surface area (Å²) in [5.41, 5.74) is 4.10. The molecule has 0 radical (unpaired) electrons. The molecule has 3 aromatic carbocycles. The highest BCUT2D eigenvalue weighted by Crippen LogP contribution is 2.29. The number of hydrogen-bond acceptors (Lipinski definition) is 6. The fourth-order valence-corrected chi connectivity index (χ4v) is 4.09. The molecule has 9 heteroatoms. The minimum Gasteiger partial charge on any atom is -0.272 e. The van der Waals surface area contributed by atoms with E-state index in [1.807, 2.05) is 91.9 Å². The molecule has 0 atom stereocenters. The molecule has 184 valence electrons. The number of rotatable bonds is 8. The van der Waals surface area contributed by atoms with Crippen LogP contribution in [0.2, 0.25) is 0 Å². The molecule has 0 aliphatic heterocycles. The second-order valence-corrected chi connectivity index (χ2v) is 8.48. The largest absolute Gasteiger partial charge is 0.353 e. The smallest absolute Gasteiger partial charge is 0.272 e. The lowest BCUT2D eigenvalue weighted by molar-refractivity contribution is 0.0893. The average Bonchev–Trinajstić information content (AvgIpc) is 3.57. The van der Waals surface area contributed by atoms with E-state index >= 15 is 0 Å². The zero-order valence-corrected chi connectivity index (χ0v) is 20.3. The lowest BCUT2D eigenvalue weighted by atomic mass is 9.98. The van der Waals surface area contributed by atoms with Gasteiger partial charge < -0.3 is 0 Å². The topological polar surface area (TPSA) is 111 Å². The molecule has 2 aromatic heterocycles. The molecule has 9 nitrogen and oxygen atoms in total. The molecule has 0 bridgehead atoms. The Morgan fingerprint density at radius 2 is 1.65 bits per heavy atom. The summed E-state index contributed by atoms with van der Waals surface area (Å²) in [7, 11) is 0. The van der Waals surface area contributed by atoms with Crippen LogP contribution in [-0.4, -0.2) is 40.9 Å². The Bertz CT molecular complexity index is 1580. The molecular weight excluding hydrogens is 466 g/mol. The molecule has 0 aliphatic rings. The van der Waals surface area contributed by atoms with Crippen LogP contribution in [0, 0.1) is 0 Å². The second-order valence-electron chi connectivity index (χ2n) is 8.48. The number of carbonyl (C=O) groups is 1. The Morgan fingerprint density at radius 1 is 0.919 bits per heavy atom. The van der Waals surface area contributed by atoms with Crippen molar-refractivity contribution in [3.05, 3.63) is 112 Å². The molecule has 5 aromatic rings. The number of carbonyl (C=O) groups excluding carboxylic acids is 1. The van der Waals surface area contributed by atoms with Crippen LogP contribution in [0.3, 0.4) is 0 Å². The Balaban J connectivity index is 1.43. The first-order valence-corrected chi connectivity index (χ1v) is 12.0. The van der Waals surface area contributed by atoms with Gasteiger partial charge in [-0.15, -0.1) is 20.0 Å². The minimum absolute atomic E-state index is 0.100. The number of aromatic amines is 1. The van der Waals surface area contributed by atoms with Gasteiger partial charge in [-0.2, -0.15) is 5.21 Å². The molecule has 0 spiro atoms. The number of allylic oxidation sites excluding steroid dienone is 1. The number of benzene rings is 3. The van der Waals surface area contributed by atoms with E-state index in [9.17, 15) is 9.59 Å². The first-order chi connectivity index (χ1) is 18.1. The van der Waals surface area contributed by atoms with Crippen LogP contribution in [0.15, 0.2) is 89.7 Å². The van der Waals surface area contributed by atoms with Gasteiger partial charge >= 0.3 is 5.69 Å². The summed E-state index contributed by atoms with van der Waals surface area (Å²) in [6, 6.07) is 25.1. The first-order valence-electron chi connectivity index (χ1n) is 12.0. The standard InChI is InChI=1S/C28H25N7O2/c1-2-3-13-25-31-35(26(36)18-20-9-5-4-6-10-20)28(37)34(25)19-21-14-16-22(17-15-21)23-11-7-8-12-24(23)27-29-32-33-30-27/h3-17H,2,18-19H2,1H3,(H,29,30,32,33). The molecule has 0 saturated heterocycles. The summed E-state index contributed by atoms with van der Waals surface area (Å²) in [5.74, 6) is 0.598. The van der Waals surface area contributed by atoms with Crippen LogP contribution in [0.5, 0.6) is 0 Å². The monoisotopic (exact) mass is 491 g/mol. The normalized spacial score (nSPS) is 11.3. The van der Waals surface area contributed by atoms with Crippen molar-refractivity contribution in [1.29, 1.82) is 0 Å². The predicted octanol–water partition coefficient (Wildman–Crippen LogP) is 4.25. The Hall–Kier alpha value is -4.92. The van der Waals surface area contributed by atoms with Crippen LogP contribution in [0.25, 0.3) is 28.6 Å². The molecule has 0 fully saturated rings. The van der Waals surface area contributed by atoms with Gasteiger partial charge in [-0.05, 0) is 40.0 Å². The van der Waals surface area contributed by atoms with Gasteiger partial charge in [0.15, 0.2) is 5.82 Å². The Labute approximate surface area is 213 Å². The quantitative estimate of drug-likeness (QED) is 0.347. The van der Waals surface area contributed by atoms with Gasteiger partial charge in [0, 0.05) is 5.56 Å². The van der Waals surface area contributed by atoms with Crippen molar-refractivity contribution in [3.63, 3.8) is 0 Å². The van der Waals surface area contributed by atoms with E-state index in [2.05, 4.69) is 25.7 Å². The highest BCUT2D eigenvalue weighted by Gasteiger charge is 2.18. The second kappa shape index (κ2) is 10.8. The molecule has 37 heavy (non-hydrogen) atoms. The highest BCUT2D eigenvalue weighted by atomic mass is 16.2. The van der Waals surface area contributed by atoms with Gasteiger partial charge in [-0.3, -0.25) is 9.36 Å². The number of nitrogens with one attached hydrogen (secondary N) is 1. The van der Waals surface area contributed by atoms with Crippen molar-refractivity contribution < 1.29 is 4.79 Å². The van der Waals surface area contributed by atoms with Gasteiger partial charge in [0.2, 0.25) is 5.82 Å². The summed E-state index contributed by atoms with van der Waals surface area (Å²) in [5, 5.41) is 18.7. The summed E-state index contributed by atoms with van der Waals surface area (Å²) in [6.45, 7) is 2.29. The number of hydrogen-bond donors (Lipinski definition) is 1. The van der Waals surface area contributed by atoms with Crippen LogP contribution >= 0.6 is 0 Å². The fraction of sp³-hybridized carbons (Fsp3) is 0.143. The van der Waals surface area contributed by atoms with E-state index < -0.39 is 5.69 Å². The average molecular weight is 492 g/mol. The van der Waals surface area contributed by atoms with Gasteiger partial charge in [-0.1, -0.05) is 91.9 Å². The van der Waals surface area contributed by atoms with Crippen molar-refractivity contribution in [2.24, 2.45) is 0 Å². The number of nitrogens with zero attached hydrogens (tertiary/aromatic N) is 6. The van der Waals surface area contributed by atoms with Gasteiger partial charge in [-0.25, -0.2) is 4.79 Å². The summed E-state index contributed by atoms with van der Waals surface area (Å²) in [6.07, 6.45) is 4.59. The highest BCUT2D eigenvalue weighted by molar-refractivity contribution is 5.81. The summed E-state index contributed by atoms with van der Waals surface area (Å²) >= 11 is 0. The van der Waals surface area contributed by atoms with Crippen LogP contribution in [0.4, 0.5) is 0 Å². The van der Waals surface area contributed by atoms with Crippen LogP contribution in [0.1, 0.15) is 35.1 Å². The predicted molar refractivity (Wildman–Crippen MR) is 141 cm³/mol. The van der Waals surface area contributed by atoms with Gasteiger partial charge in [0.25, 0.3) is 5.91 Å². The molecule has 2 heterocycles. The Kier molecular flexibility index (Phi) is 6.93. The number of H-pyrrole nitrogens is 1. The zero-order chi connectivity index (χ0) is 25.6. The van der Waals surface area contributed by atoms with Crippen LogP contribution < -0.4 is 5.69 Å². The molecule has 1 N–H and O–H groups in total. The minimum atomic E-state index is -0.455. The van der Waals surface area contributed by atoms with E-state index in [1.165, 1.54) is 4.57 Å². The van der Waals surface area contributed by atoms with Gasteiger partial charge in [0.05, 0.1) is 13.0 Å². The lowest BCUT2D eigenvalue weighted by Crippen LogP contribution is -2.31. The molecular formula is C28H25N7O2. The van der Waals surface area contributed by atoms with Crippen molar-refractivity contribution in [1.82, 2.24) is 35.0 Å². The SMILES string of the molecule is CCC=Cc1nn(C(=O)Cc2ccccc2)c(=O)n1Cc1ccc(-c2ccccc2-c2nn[nH]n2)cc1. The fourth-order valence-electron chi connectivity index (χ4n) is 4.09. The van der Waals surface area contributed by atoms with Crippen LogP contribution in [-0.2, 0) is 13.0 Å². The molecule has 5 rings (SSSR count). The van der Waals surface area contributed by atoms with Crippen molar-refractivity contribution in [3.8, 4) is 22.5 Å². The van der Waals surface area contributed by atoms with E-state index in [1.54, 1.807) is 6.08 Å². The van der Waals surface area contributed by atoms with Gasteiger partial charge in [0.1, 0.15) is 0 Å². The zero-order valence-electron chi connectivity index (χ0n) is 20.3. The molecule has 0 aliphatic carbocycles. The first kappa shape index (κ1) is 23.8. The molecule has 0 amide bonds. The molecule has 0 unspecified atom stereocenters. The molecule has 0 saturated carbocycles. The van der Waals surface area contributed by atoms with E-state index in [0.29, 0.717) is 11.6 Å².